The molecule has 0 saturated carbocycles. The molecule has 1 aliphatic heterocycles. The van der Waals surface area contributed by atoms with Crippen molar-refractivity contribution in [3.8, 4) is 39.1 Å². The number of ether oxygens (including phenoxy) is 1. The number of furan rings is 1. The molecule has 2 heterocycles. The van der Waals surface area contributed by atoms with E-state index in [0.29, 0.717) is 0 Å². The lowest BCUT2D eigenvalue weighted by atomic mass is 9.81. The van der Waals surface area contributed by atoms with Crippen LogP contribution in [0.1, 0.15) is 91.5 Å². The molecule has 2 aliphatic carbocycles. The van der Waals surface area contributed by atoms with Gasteiger partial charge in [-0.05, 0) is 126 Å². The van der Waals surface area contributed by atoms with E-state index in [1.165, 1.54) is 77.4 Å². The summed E-state index contributed by atoms with van der Waals surface area (Å²) in [6.45, 7) is 23.6. The second-order valence-corrected chi connectivity index (χ2v) is 18.1. The lowest BCUT2D eigenvalue weighted by Gasteiger charge is -2.22. The van der Waals surface area contributed by atoms with E-state index in [0.717, 1.165) is 64.7 Å². The zero-order valence-corrected chi connectivity index (χ0v) is 39.8. The molecule has 1 aromatic heterocycles. The molecular formula is C64H62O2. The highest BCUT2D eigenvalue weighted by molar-refractivity contribution is 5.93. The van der Waals surface area contributed by atoms with Crippen molar-refractivity contribution in [2.75, 3.05) is 0 Å². The van der Waals surface area contributed by atoms with Gasteiger partial charge in [0.2, 0.25) is 0 Å². The van der Waals surface area contributed by atoms with E-state index in [2.05, 4.69) is 194 Å². The van der Waals surface area contributed by atoms with E-state index in [4.69, 9.17) is 9.15 Å². The quantitative estimate of drug-likeness (QED) is 0.149. The zero-order chi connectivity index (χ0) is 46.4. The van der Waals surface area contributed by atoms with Crippen LogP contribution in [0.5, 0.6) is 5.75 Å². The zero-order valence-electron chi connectivity index (χ0n) is 39.8. The van der Waals surface area contributed by atoms with Crippen LogP contribution in [-0.2, 0) is 11.8 Å². The Labute approximate surface area is 392 Å². The summed E-state index contributed by atoms with van der Waals surface area (Å²) in [5, 5.41) is 2.49. The first-order valence-corrected chi connectivity index (χ1v) is 23.4. The second kappa shape index (κ2) is 19.9. The van der Waals surface area contributed by atoms with E-state index in [-0.39, 0.29) is 5.41 Å². The Balaban J connectivity index is 0.000000135. The fraction of sp³-hybridized carbons (Fsp3) is 0.188. The number of para-hydroxylation sites is 2. The average Bonchev–Trinajstić information content (AvgIpc) is 3.81. The number of hydrogen-bond donors (Lipinski definition) is 0. The Bertz CT molecular complexity index is 3210. The van der Waals surface area contributed by atoms with Crippen molar-refractivity contribution in [3.05, 3.63) is 232 Å². The van der Waals surface area contributed by atoms with Crippen molar-refractivity contribution in [1.29, 1.82) is 0 Å². The Morgan fingerprint density at radius 2 is 1.48 bits per heavy atom. The molecule has 0 radical (unpaired) electrons. The maximum atomic E-state index is 6.12. The fourth-order valence-electron chi connectivity index (χ4n) is 9.58. The molecule has 10 rings (SSSR count). The van der Waals surface area contributed by atoms with Gasteiger partial charge in [0, 0.05) is 32.7 Å². The summed E-state index contributed by atoms with van der Waals surface area (Å²) in [5.41, 5.74) is 22.2. The highest BCUT2D eigenvalue weighted by Gasteiger charge is 2.36. The van der Waals surface area contributed by atoms with Crippen molar-refractivity contribution < 1.29 is 9.15 Å². The standard InChI is InChI=1S/C24H26.C21H20O.C19H16O/c1-7-9-10-18(8-2)19-11-12-21-20(15-19)23-17(4)13-16(3)14-22(23)24(21,5)6;1-3-8-17-10-6-11-18(15-17)20-13-7-12-19-16(2)9-4-5-14-22-21(19)20;1-13-9-11-14(12-10-13)15-6-4-7-17-16-5-2-3-8-18(16)20-19(15)17/h7-15H,2H2,1,3-6H3;4-7,9-15H,2-3,8H2,1H3;4-12H,2-3H2,1H3/b9-7-,18-10+;9-4-,14-5-;. The summed E-state index contributed by atoms with van der Waals surface area (Å²) in [7, 11) is 0. The number of benzene rings is 6. The molecule has 0 saturated heterocycles. The smallest absolute Gasteiger partial charge is 0.143 e. The van der Waals surface area contributed by atoms with Crippen LogP contribution in [0.15, 0.2) is 182 Å². The highest BCUT2D eigenvalue weighted by atomic mass is 16.5. The van der Waals surface area contributed by atoms with Gasteiger partial charge in [-0.25, -0.2) is 0 Å². The molecule has 0 unspecified atom stereocenters. The van der Waals surface area contributed by atoms with Gasteiger partial charge < -0.3 is 9.15 Å². The normalized spacial score (nSPS) is 15.1. The molecule has 0 bridgehead atoms. The molecule has 2 heteroatoms. The molecule has 0 atom stereocenters. The van der Waals surface area contributed by atoms with Crippen LogP contribution >= 0.6 is 0 Å². The molecule has 0 spiro atoms. The Morgan fingerprint density at radius 3 is 2.27 bits per heavy atom. The van der Waals surface area contributed by atoms with Crippen LogP contribution in [0.25, 0.3) is 67.6 Å². The SMILES string of the molecule is C=C/C(=C\C=C/C)c1ccc2c(c1)-c1c(C)cc(C)cc1C2(C)C.C=C1/C=C\C=C/Oc2c1cccc2-c1cccc(CCC)c1.Cc1ccc(-c2cccc3c4c(oc23)=CCCC=4)cc1. The van der Waals surface area contributed by atoms with Gasteiger partial charge in [0.05, 0.1) is 6.26 Å². The third-order valence-electron chi connectivity index (χ3n) is 12.9. The molecule has 66 heavy (non-hydrogen) atoms. The minimum atomic E-state index is 0.0569. The first kappa shape index (κ1) is 45.4. The van der Waals surface area contributed by atoms with Crippen LogP contribution in [0.3, 0.4) is 0 Å². The predicted molar refractivity (Wildman–Crippen MR) is 284 cm³/mol. The summed E-state index contributed by atoms with van der Waals surface area (Å²) >= 11 is 0. The van der Waals surface area contributed by atoms with E-state index in [1.807, 2.05) is 37.3 Å². The number of hydrogen-bond acceptors (Lipinski definition) is 2. The number of fused-ring (bicyclic) bond motifs is 7. The van der Waals surface area contributed by atoms with Gasteiger partial charge in [-0.2, -0.15) is 0 Å². The van der Waals surface area contributed by atoms with Gasteiger partial charge in [-0.15, -0.1) is 0 Å². The summed E-state index contributed by atoms with van der Waals surface area (Å²) in [6, 6.07) is 41.5. The minimum absolute atomic E-state index is 0.0569. The maximum Gasteiger partial charge on any atom is 0.143 e. The average molecular weight is 863 g/mol. The monoisotopic (exact) mass is 862 g/mol. The summed E-state index contributed by atoms with van der Waals surface area (Å²) < 4.78 is 12.0. The second-order valence-electron chi connectivity index (χ2n) is 18.1. The molecular weight excluding hydrogens is 801 g/mol. The topological polar surface area (TPSA) is 22.4 Å². The van der Waals surface area contributed by atoms with Crippen molar-refractivity contribution in [2.45, 2.75) is 79.6 Å². The van der Waals surface area contributed by atoms with Gasteiger partial charge in [-0.1, -0.05) is 203 Å². The first-order valence-electron chi connectivity index (χ1n) is 23.4. The van der Waals surface area contributed by atoms with Crippen LogP contribution in [0, 0.1) is 20.8 Å². The molecule has 0 fully saturated rings. The summed E-state index contributed by atoms with van der Waals surface area (Å²) in [4.78, 5) is 0. The van der Waals surface area contributed by atoms with Gasteiger partial charge in [0.1, 0.15) is 16.7 Å². The summed E-state index contributed by atoms with van der Waals surface area (Å²) in [6.07, 6.45) is 24.7. The number of rotatable bonds is 7. The minimum Gasteiger partial charge on any atom is -0.464 e. The van der Waals surface area contributed by atoms with E-state index < -0.39 is 0 Å². The first-order chi connectivity index (χ1) is 32.0. The lowest BCUT2D eigenvalue weighted by molar-refractivity contribution is 0.481. The molecule has 6 aromatic carbocycles. The molecule has 7 aromatic rings. The Hall–Kier alpha value is -7.16. The Morgan fingerprint density at radius 1 is 0.727 bits per heavy atom. The van der Waals surface area contributed by atoms with E-state index in [9.17, 15) is 0 Å². The van der Waals surface area contributed by atoms with Crippen LogP contribution in [-0.4, -0.2) is 0 Å². The molecule has 3 aliphatic rings. The van der Waals surface area contributed by atoms with Crippen LogP contribution < -0.4 is 15.4 Å². The van der Waals surface area contributed by atoms with Gasteiger partial charge in [0.15, 0.2) is 0 Å². The highest BCUT2D eigenvalue weighted by Crippen LogP contribution is 2.51. The van der Waals surface area contributed by atoms with Crippen molar-refractivity contribution in [2.24, 2.45) is 0 Å². The van der Waals surface area contributed by atoms with E-state index in [1.54, 1.807) is 6.26 Å². The van der Waals surface area contributed by atoms with Crippen LogP contribution in [0.2, 0.25) is 0 Å². The van der Waals surface area contributed by atoms with Crippen molar-refractivity contribution >= 4 is 34.3 Å². The third kappa shape index (κ3) is 9.33. The molecule has 2 nitrogen and oxygen atoms in total. The Kier molecular flexibility index (Phi) is 13.7. The number of aryl methyl sites for hydroxylation is 4. The van der Waals surface area contributed by atoms with Crippen LogP contribution in [0.4, 0.5) is 0 Å². The largest absolute Gasteiger partial charge is 0.464 e. The lowest BCUT2D eigenvalue weighted by Crippen LogP contribution is -2.21. The third-order valence-corrected chi connectivity index (χ3v) is 12.9. The molecule has 0 N–H and O–H groups in total. The van der Waals surface area contributed by atoms with Gasteiger partial charge in [-0.3, -0.25) is 0 Å². The fourth-order valence-corrected chi connectivity index (χ4v) is 9.58. The molecule has 0 amide bonds. The predicted octanol–water partition coefficient (Wildman–Crippen LogP) is 16.3. The molecule has 330 valence electrons. The number of allylic oxidation sites excluding steroid dienone is 9. The maximum absolute atomic E-state index is 6.12. The van der Waals surface area contributed by atoms with Crippen molar-refractivity contribution in [3.63, 3.8) is 0 Å². The van der Waals surface area contributed by atoms with Crippen molar-refractivity contribution in [1.82, 2.24) is 0 Å². The van der Waals surface area contributed by atoms with E-state index >= 15 is 0 Å². The van der Waals surface area contributed by atoms with Gasteiger partial charge in [0.25, 0.3) is 0 Å². The summed E-state index contributed by atoms with van der Waals surface area (Å²) in [5.74, 6) is 0.877. The van der Waals surface area contributed by atoms with Gasteiger partial charge >= 0.3 is 0 Å².